The number of ether oxygens (including phenoxy) is 1. The molecule has 1 aromatic carbocycles. The molecule has 2 aromatic rings. The molecule has 0 aliphatic heterocycles. The van der Waals surface area contributed by atoms with Crippen LogP contribution < -0.4 is 5.73 Å². The fourth-order valence-electron chi connectivity index (χ4n) is 2.82. The maximum absolute atomic E-state index is 14.2. The van der Waals surface area contributed by atoms with Crippen LogP contribution in [0.2, 0.25) is 0 Å². The minimum absolute atomic E-state index is 0.0251. The summed E-state index contributed by atoms with van der Waals surface area (Å²) in [7, 11) is -4.52. The molecule has 0 bridgehead atoms. The van der Waals surface area contributed by atoms with Crippen LogP contribution in [-0.4, -0.2) is 37.4 Å². The molecule has 0 spiro atoms. The van der Waals surface area contributed by atoms with E-state index in [4.69, 9.17) is 10.5 Å². The first-order valence-corrected chi connectivity index (χ1v) is 10.3. The third kappa shape index (κ3) is 5.09. The number of hydrogen-bond acceptors (Lipinski definition) is 5. The first kappa shape index (κ1) is 21.6. The molecule has 29 heavy (non-hydrogen) atoms. The molecule has 1 atom stereocenters. The number of hydrogen-bond donors (Lipinski definition) is 2. The molecular formula is C18H20F4N2O4S. The summed E-state index contributed by atoms with van der Waals surface area (Å²) < 4.78 is 84.5. The Kier molecular flexibility index (Phi) is 5.93. The van der Waals surface area contributed by atoms with Gasteiger partial charge in [-0.1, -0.05) is 0 Å². The van der Waals surface area contributed by atoms with Crippen LogP contribution in [0.15, 0.2) is 40.4 Å². The number of aliphatic hydroxyl groups excluding tert-OH is 1. The number of anilines is 1. The highest BCUT2D eigenvalue weighted by atomic mass is 32.2. The van der Waals surface area contributed by atoms with E-state index < -0.39 is 43.4 Å². The van der Waals surface area contributed by atoms with Gasteiger partial charge in [-0.05, 0) is 43.0 Å². The van der Waals surface area contributed by atoms with Crippen LogP contribution in [-0.2, 0) is 27.3 Å². The Morgan fingerprint density at radius 2 is 1.97 bits per heavy atom. The van der Waals surface area contributed by atoms with Gasteiger partial charge in [0.05, 0.1) is 30.5 Å². The molecule has 1 aliphatic rings. The third-order valence-electron chi connectivity index (χ3n) is 4.47. The molecule has 0 radical (unpaired) electrons. The van der Waals surface area contributed by atoms with E-state index in [1.54, 1.807) is 0 Å². The largest absolute Gasteiger partial charge is 0.416 e. The Labute approximate surface area is 164 Å². The van der Waals surface area contributed by atoms with E-state index in [1.807, 2.05) is 0 Å². The van der Waals surface area contributed by atoms with E-state index >= 15 is 0 Å². The molecule has 1 aliphatic carbocycles. The van der Waals surface area contributed by atoms with Crippen molar-refractivity contribution in [2.75, 3.05) is 18.9 Å². The molecule has 6 nitrogen and oxygen atoms in total. The highest BCUT2D eigenvalue weighted by Crippen LogP contribution is 2.33. The second-order valence-electron chi connectivity index (χ2n) is 7.05. The summed E-state index contributed by atoms with van der Waals surface area (Å²) in [5.74, 6) is -1.04. The molecule has 0 saturated heterocycles. The van der Waals surface area contributed by atoms with Crippen molar-refractivity contribution in [1.82, 2.24) is 4.57 Å². The Balaban J connectivity index is 1.83. The fraction of sp³-hybridized carbons (Fsp3) is 0.444. The minimum Gasteiger partial charge on any atom is -0.397 e. The van der Waals surface area contributed by atoms with Crippen LogP contribution >= 0.6 is 0 Å². The number of halogens is 4. The van der Waals surface area contributed by atoms with Gasteiger partial charge in [-0.2, -0.15) is 13.2 Å². The molecule has 1 saturated carbocycles. The van der Waals surface area contributed by atoms with Gasteiger partial charge in [0.2, 0.25) is 9.84 Å². The molecule has 1 unspecified atom stereocenters. The van der Waals surface area contributed by atoms with Gasteiger partial charge in [-0.15, -0.1) is 0 Å². The molecule has 1 aromatic heterocycles. The van der Waals surface area contributed by atoms with Crippen molar-refractivity contribution >= 4 is 15.5 Å². The molecule has 160 valence electrons. The molecule has 3 N–H and O–H groups in total. The summed E-state index contributed by atoms with van der Waals surface area (Å²) >= 11 is 0. The SMILES string of the molecule is Nc1cc(S(=O)(=O)c2ccc(C(F)(F)F)cc2F)n(CC(O)COCC2CC2)c1. The van der Waals surface area contributed by atoms with E-state index in [0.29, 0.717) is 24.7 Å². The van der Waals surface area contributed by atoms with Gasteiger partial charge in [-0.25, -0.2) is 12.8 Å². The number of benzene rings is 1. The third-order valence-corrected chi connectivity index (χ3v) is 6.28. The van der Waals surface area contributed by atoms with Gasteiger partial charge in [-0.3, -0.25) is 0 Å². The Morgan fingerprint density at radius 3 is 2.55 bits per heavy atom. The number of rotatable bonds is 8. The zero-order chi connectivity index (χ0) is 21.4. The molecule has 0 amide bonds. The van der Waals surface area contributed by atoms with Gasteiger partial charge in [0.15, 0.2) is 0 Å². The van der Waals surface area contributed by atoms with Crippen LogP contribution in [0.25, 0.3) is 0 Å². The standard InChI is InChI=1S/C18H20F4N2O4S/c19-15-5-12(18(20,21)22)3-4-16(15)29(26,27)17-6-13(23)7-24(17)8-14(25)10-28-9-11-1-2-11/h3-7,11,14,25H,1-2,8-10,23H2. The lowest BCUT2D eigenvalue weighted by Crippen LogP contribution is -2.24. The van der Waals surface area contributed by atoms with Crippen molar-refractivity contribution in [3.8, 4) is 0 Å². The molecular weight excluding hydrogens is 416 g/mol. The number of aliphatic hydroxyl groups is 1. The first-order valence-electron chi connectivity index (χ1n) is 8.82. The van der Waals surface area contributed by atoms with Crippen molar-refractivity contribution in [3.05, 3.63) is 41.8 Å². The average molecular weight is 436 g/mol. The smallest absolute Gasteiger partial charge is 0.397 e. The number of nitrogens with zero attached hydrogens (tertiary/aromatic N) is 1. The highest BCUT2D eigenvalue weighted by molar-refractivity contribution is 7.91. The van der Waals surface area contributed by atoms with Crippen LogP contribution in [0.4, 0.5) is 23.2 Å². The van der Waals surface area contributed by atoms with Crippen LogP contribution in [0.5, 0.6) is 0 Å². The summed E-state index contributed by atoms with van der Waals surface area (Å²) in [4.78, 5) is -0.913. The van der Waals surface area contributed by atoms with Crippen molar-refractivity contribution in [2.24, 2.45) is 5.92 Å². The number of nitrogen functional groups attached to an aromatic ring is 1. The summed E-state index contributed by atoms with van der Waals surface area (Å²) in [6.07, 6.45) is -2.46. The lowest BCUT2D eigenvalue weighted by atomic mass is 10.2. The van der Waals surface area contributed by atoms with Crippen LogP contribution in [0.3, 0.4) is 0 Å². The molecule has 1 fully saturated rings. The highest BCUT2D eigenvalue weighted by Gasteiger charge is 2.33. The van der Waals surface area contributed by atoms with Gasteiger partial charge in [0.1, 0.15) is 15.7 Å². The summed E-state index contributed by atoms with van der Waals surface area (Å²) in [5, 5.41) is 9.67. The number of aromatic nitrogens is 1. The normalized spacial score (nSPS) is 16.2. The summed E-state index contributed by atoms with van der Waals surface area (Å²) in [5.41, 5.74) is 4.40. The maximum Gasteiger partial charge on any atom is 0.416 e. The van der Waals surface area contributed by atoms with E-state index in [1.165, 1.54) is 6.20 Å². The van der Waals surface area contributed by atoms with E-state index in [9.17, 15) is 31.1 Å². The second kappa shape index (κ2) is 7.96. The van der Waals surface area contributed by atoms with Gasteiger partial charge in [0, 0.05) is 12.8 Å². The van der Waals surface area contributed by atoms with Gasteiger partial charge < -0.3 is 20.1 Å². The monoisotopic (exact) mass is 436 g/mol. The molecule has 3 rings (SSSR count). The lowest BCUT2D eigenvalue weighted by molar-refractivity contribution is -0.137. The van der Waals surface area contributed by atoms with Crippen molar-refractivity contribution in [2.45, 2.75) is 41.6 Å². The second-order valence-corrected chi connectivity index (χ2v) is 8.91. The zero-order valence-electron chi connectivity index (χ0n) is 15.2. The predicted octanol–water partition coefficient (Wildman–Crippen LogP) is 2.85. The van der Waals surface area contributed by atoms with E-state index in [-0.39, 0.29) is 24.9 Å². The Bertz CT molecular complexity index is 984. The van der Waals surface area contributed by atoms with Crippen LogP contribution in [0, 0.1) is 11.7 Å². The predicted molar refractivity (Wildman–Crippen MR) is 95.2 cm³/mol. The Hall–Kier alpha value is -2.11. The number of sulfone groups is 1. The first-order chi connectivity index (χ1) is 13.5. The van der Waals surface area contributed by atoms with Crippen molar-refractivity contribution < 1.29 is 35.8 Å². The lowest BCUT2D eigenvalue weighted by Gasteiger charge is -2.15. The summed E-state index contributed by atoms with van der Waals surface area (Å²) in [6.45, 7) is 0.286. The Morgan fingerprint density at radius 1 is 1.28 bits per heavy atom. The van der Waals surface area contributed by atoms with Crippen molar-refractivity contribution in [1.29, 1.82) is 0 Å². The van der Waals surface area contributed by atoms with Crippen LogP contribution in [0.1, 0.15) is 18.4 Å². The van der Waals surface area contributed by atoms with Gasteiger partial charge >= 0.3 is 6.18 Å². The quantitative estimate of drug-likeness (QED) is 0.621. The zero-order valence-corrected chi connectivity index (χ0v) is 16.0. The topological polar surface area (TPSA) is 94.6 Å². The minimum atomic E-state index is -4.81. The number of nitrogens with two attached hydrogens (primary N) is 1. The van der Waals surface area contributed by atoms with Gasteiger partial charge in [0.25, 0.3) is 0 Å². The summed E-state index contributed by atoms with van der Waals surface area (Å²) in [6, 6.07) is 2.25. The molecule has 11 heteroatoms. The van der Waals surface area contributed by atoms with E-state index in [2.05, 4.69) is 0 Å². The molecule has 1 heterocycles. The maximum atomic E-state index is 14.2. The number of alkyl halides is 3. The van der Waals surface area contributed by atoms with Crippen molar-refractivity contribution in [3.63, 3.8) is 0 Å². The van der Waals surface area contributed by atoms with E-state index in [0.717, 1.165) is 23.5 Å². The average Bonchev–Trinajstić information content (AvgIpc) is 3.35. The fourth-order valence-corrected chi connectivity index (χ4v) is 4.34.